The predicted octanol–water partition coefficient (Wildman–Crippen LogP) is 4.41. The van der Waals surface area contributed by atoms with Gasteiger partial charge in [-0.25, -0.2) is 0 Å². The van der Waals surface area contributed by atoms with Crippen molar-refractivity contribution in [3.8, 4) is 0 Å². The number of hydrogen-bond acceptors (Lipinski definition) is 2. The van der Waals surface area contributed by atoms with E-state index in [1.807, 2.05) is 49.1 Å². The molecular weight excluding hydrogens is 284 g/mol. The highest BCUT2D eigenvalue weighted by atomic mass is 16.2. The molecule has 1 amide bonds. The summed E-state index contributed by atoms with van der Waals surface area (Å²) in [6.07, 6.45) is 1.47. The molecule has 0 heterocycles. The van der Waals surface area contributed by atoms with E-state index in [1.54, 1.807) is 0 Å². The number of aryl methyl sites for hydroxylation is 2. The minimum absolute atomic E-state index is 0.152. The van der Waals surface area contributed by atoms with Crippen LogP contribution >= 0.6 is 0 Å². The summed E-state index contributed by atoms with van der Waals surface area (Å²) in [6.45, 7) is 7.54. The van der Waals surface area contributed by atoms with E-state index in [-0.39, 0.29) is 5.91 Å². The molecule has 0 bridgehead atoms. The smallest absolute Gasteiger partial charge is 0.228 e. The van der Waals surface area contributed by atoms with Crippen LogP contribution in [0.5, 0.6) is 0 Å². The van der Waals surface area contributed by atoms with Crippen LogP contribution in [0.3, 0.4) is 0 Å². The summed E-state index contributed by atoms with van der Waals surface area (Å²) in [5.74, 6) is 0.152. The maximum atomic E-state index is 12.5. The Morgan fingerprint density at radius 3 is 2.57 bits per heavy atom. The summed E-state index contributed by atoms with van der Waals surface area (Å²) in [4.78, 5) is 14.4. The van der Waals surface area contributed by atoms with E-state index in [4.69, 9.17) is 0 Å². The van der Waals surface area contributed by atoms with Gasteiger partial charge >= 0.3 is 0 Å². The molecule has 23 heavy (non-hydrogen) atoms. The highest BCUT2D eigenvalue weighted by Gasteiger charge is 2.13. The standard InChI is InChI=1S/C20H26N2O/c1-4-17-10-6-7-12-19(17)21-14-13-20(23)22(5-2)18-11-8-9-16(3)15-18/h6-12,15,21H,4-5,13-14H2,1-3H3. The van der Waals surface area contributed by atoms with Crippen molar-refractivity contribution in [2.24, 2.45) is 0 Å². The van der Waals surface area contributed by atoms with Crippen LogP contribution in [-0.2, 0) is 11.2 Å². The lowest BCUT2D eigenvalue weighted by molar-refractivity contribution is -0.118. The van der Waals surface area contributed by atoms with Crippen molar-refractivity contribution in [2.75, 3.05) is 23.3 Å². The molecule has 0 aliphatic heterocycles. The zero-order valence-corrected chi connectivity index (χ0v) is 14.3. The fraction of sp³-hybridized carbons (Fsp3) is 0.350. The number of para-hydroxylation sites is 1. The minimum atomic E-state index is 0.152. The fourth-order valence-electron chi connectivity index (χ4n) is 2.74. The van der Waals surface area contributed by atoms with Crippen LogP contribution < -0.4 is 10.2 Å². The molecule has 0 saturated carbocycles. The van der Waals surface area contributed by atoms with Crippen molar-refractivity contribution in [1.82, 2.24) is 0 Å². The van der Waals surface area contributed by atoms with Crippen molar-refractivity contribution < 1.29 is 4.79 Å². The molecule has 0 spiro atoms. The average molecular weight is 310 g/mol. The van der Waals surface area contributed by atoms with Crippen molar-refractivity contribution in [1.29, 1.82) is 0 Å². The van der Waals surface area contributed by atoms with Crippen molar-refractivity contribution in [3.05, 3.63) is 59.7 Å². The fourth-order valence-corrected chi connectivity index (χ4v) is 2.74. The number of nitrogens with zero attached hydrogens (tertiary/aromatic N) is 1. The van der Waals surface area contributed by atoms with Gasteiger partial charge in [0, 0.05) is 30.9 Å². The molecule has 3 heteroatoms. The van der Waals surface area contributed by atoms with Gasteiger partial charge in [-0.3, -0.25) is 4.79 Å². The van der Waals surface area contributed by atoms with E-state index >= 15 is 0 Å². The first kappa shape index (κ1) is 17.1. The van der Waals surface area contributed by atoms with Crippen LogP contribution in [0.25, 0.3) is 0 Å². The van der Waals surface area contributed by atoms with Crippen molar-refractivity contribution in [3.63, 3.8) is 0 Å². The molecule has 0 aliphatic rings. The van der Waals surface area contributed by atoms with Crippen LogP contribution in [0.2, 0.25) is 0 Å². The van der Waals surface area contributed by atoms with E-state index < -0.39 is 0 Å². The van der Waals surface area contributed by atoms with Gasteiger partial charge in [0.15, 0.2) is 0 Å². The first-order valence-electron chi connectivity index (χ1n) is 8.34. The number of rotatable bonds is 7. The topological polar surface area (TPSA) is 32.3 Å². The lowest BCUT2D eigenvalue weighted by Gasteiger charge is -2.22. The lowest BCUT2D eigenvalue weighted by atomic mass is 10.1. The highest BCUT2D eigenvalue weighted by molar-refractivity contribution is 5.93. The second kappa shape index (κ2) is 8.37. The quantitative estimate of drug-likeness (QED) is 0.821. The minimum Gasteiger partial charge on any atom is -0.384 e. The van der Waals surface area contributed by atoms with Gasteiger partial charge in [-0.15, -0.1) is 0 Å². The van der Waals surface area contributed by atoms with Gasteiger partial charge in [0.05, 0.1) is 0 Å². The molecule has 2 rings (SSSR count). The first-order valence-corrected chi connectivity index (χ1v) is 8.34. The van der Waals surface area contributed by atoms with Gasteiger partial charge in [-0.05, 0) is 49.6 Å². The number of nitrogens with one attached hydrogen (secondary N) is 1. The van der Waals surface area contributed by atoms with Gasteiger partial charge in [0.25, 0.3) is 0 Å². The second-order valence-electron chi connectivity index (χ2n) is 5.66. The molecule has 0 radical (unpaired) electrons. The number of benzene rings is 2. The average Bonchev–Trinajstić information content (AvgIpc) is 2.56. The largest absolute Gasteiger partial charge is 0.384 e. The number of carbonyl (C=O) groups is 1. The third-order valence-electron chi connectivity index (χ3n) is 3.98. The number of anilines is 2. The second-order valence-corrected chi connectivity index (χ2v) is 5.66. The third-order valence-corrected chi connectivity index (χ3v) is 3.98. The van der Waals surface area contributed by atoms with E-state index in [0.717, 1.165) is 17.8 Å². The molecule has 0 aromatic heterocycles. The van der Waals surface area contributed by atoms with Gasteiger partial charge in [0.2, 0.25) is 5.91 Å². The molecule has 0 unspecified atom stereocenters. The Bertz CT molecular complexity index is 652. The molecular formula is C20H26N2O. The van der Waals surface area contributed by atoms with E-state index in [2.05, 4.69) is 30.4 Å². The van der Waals surface area contributed by atoms with Crippen LogP contribution in [-0.4, -0.2) is 19.0 Å². The molecule has 3 nitrogen and oxygen atoms in total. The Labute approximate surface area is 139 Å². The molecule has 0 saturated heterocycles. The Balaban J connectivity index is 1.95. The van der Waals surface area contributed by atoms with Crippen LogP contribution in [0.15, 0.2) is 48.5 Å². The normalized spacial score (nSPS) is 10.4. The first-order chi connectivity index (χ1) is 11.2. The molecule has 122 valence electrons. The SMILES string of the molecule is CCc1ccccc1NCCC(=O)N(CC)c1cccc(C)c1. The van der Waals surface area contributed by atoms with E-state index in [1.165, 1.54) is 11.1 Å². The lowest BCUT2D eigenvalue weighted by Crippen LogP contribution is -2.32. The van der Waals surface area contributed by atoms with Crippen molar-refractivity contribution in [2.45, 2.75) is 33.6 Å². The zero-order chi connectivity index (χ0) is 16.7. The van der Waals surface area contributed by atoms with Gasteiger partial charge in [-0.1, -0.05) is 37.3 Å². The molecule has 2 aromatic rings. The summed E-state index contributed by atoms with van der Waals surface area (Å²) in [5, 5.41) is 3.39. The summed E-state index contributed by atoms with van der Waals surface area (Å²) in [5.41, 5.74) is 4.56. The number of amides is 1. The van der Waals surface area contributed by atoms with Crippen LogP contribution in [0, 0.1) is 6.92 Å². The Morgan fingerprint density at radius 2 is 1.87 bits per heavy atom. The molecule has 0 aliphatic carbocycles. The van der Waals surface area contributed by atoms with E-state index in [0.29, 0.717) is 19.5 Å². The Hall–Kier alpha value is -2.29. The molecule has 0 fully saturated rings. The third kappa shape index (κ3) is 4.59. The highest BCUT2D eigenvalue weighted by Crippen LogP contribution is 2.18. The van der Waals surface area contributed by atoms with Gasteiger partial charge < -0.3 is 10.2 Å². The van der Waals surface area contributed by atoms with Gasteiger partial charge in [-0.2, -0.15) is 0 Å². The number of hydrogen-bond donors (Lipinski definition) is 1. The van der Waals surface area contributed by atoms with Crippen molar-refractivity contribution >= 4 is 17.3 Å². The summed E-state index contributed by atoms with van der Waals surface area (Å²) < 4.78 is 0. The maximum absolute atomic E-state index is 12.5. The molecule has 2 aromatic carbocycles. The summed E-state index contributed by atoms with van der Waals surface area (Å²) >= 11 is 0. The van der Waals surface area contributed by atoms with Gasteiger partial charge in [0.1, 0.15) is 0 Å². The van der Waals surface area contributed by atoms with Crippen LogP contribution in [0.4, 0.5) is 11.4 Å². The molecule has 0 atom stereocenters. The Kier molecular flexibility index (Phi) is 6.21. The summed E-state index contributed by atoms with van der Waals surface area (Å²) in [6, 6.07) is 16.4. The number of carbonyl (C=O) groups excluding carboxylic acids is 1. The predicted molar refractivity (Wildman–Crippen MR) is 98.1 cm³/mol. The molecule has 1 N–H and O–H groups in total. The zero-order valence-electron chi connectivity index (χ0n) is 14.3. The monoisotopic (exact) mass is 310 g/mol. The Morgan fingerprint density at radius 1 is 1.09 bits per heavy atom. The van der Waals surface area contributed by atoms with Crippen LogP contribution in [0.1, 0.15) is 31.4 Å². The van der Waals surface area contributed by atoms with E-state index in [9.17, 15) is 4.79 Å². The maximum Gasteiger partial charge on any atom is 0.228 e. The summed E-state index contributed by atoms with van der Waals surface area (Å²) in [7, 11) is 0.